The van der Waals surface area contributed by atoms with Crippen molar-refractivity contribution in [1.82, 2.24) is 30.9 Å². The van der Waals surface area contributed by atoms with Crippen LogP contribution in [-0.4, -0.2) is 90.8 Å². The second-order valence-electron chi connectivity index (χ2n) is 8.82. The van der Waals surface area contributed by atoms with Gasteiger partial charge in [-0.1, -0.05) is 18.2 Å². The summed E-state index contributed by atoms with van der Waals surface area (Å²) >= 11 is 0. The van der Waals surface area contributed by atoms with Crippen molar-refractivity contribution in [2.75, 3.05) is 6.61 Å². The number of nitrogens with one attached hydrogen (secondary N) is 5. The van der Waals surface area contributed by atoms with E-state index >= 15 is 0 Å². The van der Waals surface area contributed by atoms with Gasteiger partial charge in [0.1, 0.15) is 12.1 Å². The van der Waals surface area contributed by atoms with E-state index in [9.17, 15) is 34.5 Å². The fourth-order valence-electron chi connectivity index (χ4n) is 3.84. The highest BCUT2D eigenvalue weighted by Gasteiger charge is 2.32. The molecule has 0 saturated heterocycles. The van der Waals surface area contributed by atoms with Crippen LogP contribution in [0.5, 0.6) is 0 Å². The van der Waals surface area contributed by atoms with E-state index in [1.54, 1.807) is 12.3 Å². The second-order valence-corrected chi connectivity index (χ2v) is 8.82. The van der Waals surface area contributed by atoms with E-state index in [2.05, 4.69) is 30.9 Å². The van der Waals surface area contributed by atoms with E-state index < -0.39 is 60.6 Å². The number of benzene rings is 1. The van der Waals surface area contributed by atoms with Crippen LogP contribution >= 0.6 is 0 Å². The molecule has 2 aromatic heterocycles. The zero-order valence-electron chi connectivity index (χ0n) is 20.5. The Morgan fingerprint density at radius 3 is 2.32 bits per heavy atom. The number of aliphatic hydroxyl groups is 2. The van der Waals surface area contributed by atoms with E-state index in [1.165, 1.54) is 19.4 Å². The predicted octanol–water partition coefficient (Wildman–Crippen LogP) is -2.08. The normalized spacial score (nSPS) is 15.2. The van der Waals surface area contributed by atoms with Crippen molar-refractivity contribution in [1.29, 1.82) is 0 Å². The molecule has 0 aliphatic rings. The Hall–Kier alpha value is -4.27. The number of rotatable bonds is 13. The number of hydrogen-bond acceptors (Lipinski definition) is 8. The van der Waals surface area contributed by atoms with E-state index in [0.717, 1.165) is 10.9 Å². The maximum atomic E-state index is 13.1. The standard InChI is InChI=1S/C24H31N7O7/c1-12(33)20(24(37)38)31-22(35)18(6-13-8-27-17-5-3-2-4-15(13)17)29-23(36)19(10-32)30-21(34)16(25)7-14-9-26-11-28-14/h2-5,8-9,11-12,16,18-20,27,32-33H,6-7,10,25H2,1H3,(H,26,28)(H,29,36)(H,30,34)(H,31,35)(H,37,38). The van der Waals surface area contributed by atoms with Crippen molar-refractivity contribution < 1.29 is 34.5 Å². The van der Waals surface area contributed by atoms with E-state index in [0.29, 0.717) is 11.3 Å². The molecule has 0 spiro atoms. The summed E-state index contributed by atoms with van der Waals surface area (Å²) < 4.78 is 0. The molecule has 0 bridgehead atoms. The van der Waals surface area contributed by atoms with Crippen molar-refractivity contribution in [3.05, 3.63) is 54.2 Å². The quantitative estimate of drug-likeness (QED) is 0.118. The third kappa shape index (κ3) is 7.15. The minimum Gasteiger partial charge on any atom is -0.480 e. The van der Waals surface area contributed by atoms with Gasteiger partial charge in [-0.05, 0) is 18.6 Å². The molecule has 3 amide bonds. The molecule has 10 N–H and O–H groups in total. The van der Waals surface area contributed by atoms with Crippen LogP contribution in [-0.2, 0) is 32.0 Å². The van der Waals surface area contributed by atoms with Crippen LogP contribution in [0.25, 0.3) is 10.9 Å². The molecule has 0 radical (unpaired) electrons. The third-order valence-electron chi connectivity index (χ3n) is 5.93. The summed E-state index contributed by atoms with van der Waals surface area (Å²) in [6, 6.07) is 1.82. The van der Waals surface area contributed by atoms with Gasteiger partial charge in [-0.25, -0.2) is 9.78 Å². The van der Waals surface area contributed by atoms with Crippen molar-refractivity contribution >= 4 is 34.6 Å². The van der Waals surface area contributed by atoms with Crippen LogP contribution in [0.15, 0.2) is 43.0 Å². The highest BCUT2D eigenvalue weighted by Crippen LogP contribution is 2.19. The number of aliphatic carboxylic acids is 1. The Balaban J connectivity index is 1.76. The first-order valence-corrected chi connectivity index (χ1v) is 11.8. The monoisotopic (exact) mass is 529 g/mol. The first-order chi connectivity index (χ1) is 18.1. The first kappa shape index (κ1) is 28.3. The lowest BCUT2D eigenvalue weighted by atomic mass is 10.0. The SMILES string of the molecule is CC(O)C(NC(=O)C(Cc1c[nH]c2ccccc12)NC(=O)C(CO)NC(=O)C(N)Cc1cnc[nH]1)C(=O)O. The number of nitrogens with two attached hydrogens (primary N) is 1. The van der Waals surface area contributed by atoms with Crippen LogP contribution in [0.4, 0.5) is 0 Å². The number of carbonyl (C=O) groups is 4. The molecule has 0 aliphatic carbocycles. The average Bonchev–Trinajstić information content (AvgIpc) is 3.54. The van der Waals surface area contributed by atoms with Crippen molar-refractivity contribution in [3.63, 3.8) is 0 Å². The van der Waals surface area contributed by atoms with Gasteiger partial charge in [0.05, 0.1) is 25.1 Å². The molecule has 5 atom stereocenters. The molecule has 14 heteroatoms. The zero-order chi connectivity index (χ0) is 27.8. The third-order valence-corrected chi connectivity index (χ3v) is 5.93. The molecule has 38 heavy (non-hydrogen) atoms. The van der Waals surface area contributed by atoms with Crippen LogP contribution in [0.2, 0.25) is 0 Å². The number of aliphatic hydroxyl groups excluding tert-OH is 2. The average molecular weight is 530 g/mol. The molecule has 1 aromatic carbocycles. The molecule has 204 valence electrons. The summed E-state index contributed by atoms with van der Waals surface area (Å²) in [6.07, 6.45) is 3.21. The number of carbonyl (C=O) groups excluding carboxylic acids is 3. The molecule has 0 fully saturated rings. The van der Waals surface area contributed by atoms with E-state index in [1.807, 2.05) is 18.2 Å². The molecule has 0 saturated carbocycles. The number of fused-ring (bicyclic) bond motifs is 1. The van der Waals surface area contributed by atoms with Gasteiger partial charge in [-0.2, -0.15) is 0 Å². The van der Waals surface area contributed by atoms with Gasteiger partial charge in [0.15, 0.2) is 6.04 Å². The van der Waals surface area contributed by atoms with Gasteiger partial charge in [0.25, 0.3) is 0 Å². The number of amides is 3. The number of H-pyrrole nitrogens is 2. The number of aromatic amines is 2. The van der Waals surface area contributed by atoms with Crippen LogP contribution in [0, 0.1) is 0 Å². The number of nitrogens with zero attached hydrogens (tertiary/aromatic N) is 1. The Morgan fingerprint density at radius 2 is 1.68 bits per heavy atom. The summed E-state index contributed by atoms with van der Waals surface area (Å²) in [5.74, 6) is -3.95. The van der Waals surface area contributed by atoms with Crippen LogP contribution in [0.3, 0.4) is 0 Å². The van der Waals surface area contributed by atoms with Gasteiger partial charge in [0.2, 0.25) is 17.7 Å². The molecular weight excluding hydrogens is 498 g/mol. The molecule has 3 rings (SSSR count). The molecule has 5 unspecified atom stereocenters. The van der Waals surface area contributed by atoms with E-state index in [4.69, 9.17) is 5.73 Å². The Bertz CT molecular complexity index is 1260. The fraction of sp³-hybridized carbons (Fsp3) is 0.375. The maximum Gasteiger partial charge on any atom is 0.328 e. The predicted molar refractivity (Wildman–Crippen MR) is 134 cm³/mol. The Kier molecular flexibility index (Phi) is 9.54. The van der Waals surface area contributed by atoms with Crippen molar-refractivity contribution in [2.24, 2.45) is 5.73 Å². The zero-order valence-corrected chi connectivity index (χ0v) is 20.5. The number of aromatic nitrogens is 3. The smallest absolute Gasteiger partial charge is 0.328 e. The summed E-state index contributed by atoms with van der Waals surface area (Å²) in [6.45, 7) is 0.414. The lowest BCUT2D eigenvalue weighted by Gasteiger charge is -2.25. The summed E-state index contributed by atoms with van der Waals surface area (Å²) in [5.41, 5.74) is 7.93. The lowest BCUT2D eigenvalue weighted by Crippen LogP contribution is -2.59. The van der Waals surface area contributed by atoms with Crippen molar-refractivity contribution in [3.8, 4) is 0 Å². The summed E-state index contributed by atoms with van der Waals surface area (Å²) in [5, 5.41) is 36.7. The fourth-order valence-corrected chi connectivity index (χ4v) is 3.84. The van der Waals surface area contributed by atoms with Gasteiger partial charge >= 0.3 is 5.97 Å². The number of carboxylic acid groups (broad SMARTS) is 1. The molecule has 0 aliphatic heterocycles. The molecular formula is C24H31N7O7. The maximum absolute atomic E-state index is 13.1. The topological polar surface area (TPSA) is 236 Å². The summed E-state index contributed by atoms with van der Waals surface area (Å²) in [7, 11) is 0. The van der Waals surface area contributed by atoms with Crippen LogP contribution in [0.1, 0.15) is 18.2 Å². The highest BCUT2D eigenvalue weighted by atomic mass is 16.4. The Morgan fingerprint density at radius 1 is 1.00 bits per heavy atom. The largest absolute Gasteiger partial charge is 0.480 e. The number of hydrogen-bond donors (Lipinski definition) is 9. The molecule has 14 nitrogen and oxygen atoms in total. The number of imidazole rings is 1. The molecule has 2 heterocycles. The van der Waals surface area contributed by atoms with Gasteiger partial charge in [0, 0.05) is 41.8 Å². The van der Waals surface area contributed by atoms with Gasteiger partial charge in [-0.3, -0.25) is 14.4 Å². The second kappa shape index (κ2) is 12.8. The molecule has 3 aromatic rings. The lowest BCUT2D eigenvalue weighted by molar-refractivity contribution is -0.145. The number of carboxylic acids is 1. The minimum absolute atomic E-state index is 0.0564. The highest BCUT2D eigenvalue weighted by molar-refractivity contribution is 5.95. The summed E-state index contributed by atoms with van der Waals surface area (Å²) in [4.78, 5) is 59.8. The van der Waals surface area contributed by atoms with Gasteiger partial charge in [-0.15, -0.1) is 0 Å². The first-order valence-electron chi connectivity index (χ1n) is 11.8. The van der Waals surface area contributed by atoms with Crippen LogP contribution < -0.4 is 21.7 Å². The van der Waals surface area contributed by atoms with Crippen molar-refractivity contribution in [2.45, 2.75) is 50.0 Å². The minimum atomic E-state index is -1.63. The Labute approximate surface area is 217 Å². The van der Waals surface area contributed by atoms with Gasteiger partial charge < -0.3 is 47.0 Å². The number of para-hydroxylation sites is 1. The van der Waals surface area contributed by atoms with E-state index in [-0.39, 0.29) is 12.8 Å².